The molecule has 2 N–H and O–H groups in total. The molecule has 0 bridgehead atoms. The van der Waals surface area contributed by atoms with Gasteiger partial charge in [-0.15, -0.1) is 0 Å². The van der Waals surface area contributed by atoms with Crippen molar-refractivity contribution in [2.75, 3.05) is 36.8 Å². The molecule has 0 aliphatic rings. The Hall–Kier alpha value is -2.93. The van der Waals surface area contributed by atoms with Gasteiger partial charge in [0.05, 0.1) is 4.92 Å². The summed E-state index contributed by atoms with van der Waals surface area (Å²) in [6.45, 7) is 10.0. The highest BCUT2D eigenvalue weighted by atomic mass is 16.6. The average molecular weight is 413 g/mol. The van der Waals surface area contributed by atoms with Gasteiger partial charge in [-0.25, -0.2) is 0 Å². The van der Waals surface area contributed by atoms with Gasteiger partial charge in [-0.1, -0.05) is 26.0 Å². The van der Waals surface area contributed by atoms with Crippen LogP contribution in [0.25, 0.3) is 0 Å². The third kappa shape index (κ3) is 7.15. The molecule has 0 radical (unpaired) electrons. The number of nitro groups is 1. The summed E-state index contributed by atoms with van der Waals surface area (Å²) in [6, 6.07) is 12.0. The molecule has 2 aromatic carbocycles. The van der Waals surface area contributed by atoms with Gasteiger partial charge in [-0.3, -0.25) is 14.9 Å². The Balaban J connectivity index is 2.00. The molecule has 0 heterocycles. The highest BCUT2D eigenvalue weighted by Gasteiger charge is 2.17. The maximum absolute atomic E-state index is 12.5. The fraction of sp³-hybridized carbons (Fsp3) is 0.435. The molecule has 0 aliphatic heterocycles. The molecule has 0 aromatic heterocycles. The van der Waals surface area contributed by atoms with Crippen LogP contribution in [0.5, 0.6) is 0 Å². The van der Waals surface area contributed by atoms with Crippen molar-refractivity contribution in [3.05, 3.63) is 63.7 Å². The van der Waals surface area contributed by atoms with Crippen molar-refractivity contribution in [3.8, 4) is 0 Å². The van der Waals surface area contributed by atoms with E-state index in [1.165, 1.54) is 6.07 Å². The quantitative estimate of drug-likeness (QED) is 0.288. The van der Waals surface area contributed by atoms with Gasteiger partial charge in [0.2, 0.25) is 0 Å². The van der Waals surface area contributed by atoms with E-state index in [0.29, 0.717) is 17.9 Å². The number of hydrogen-bond donors (Lipinski definition) is 2. The fourth-order valence-electron chi connectivity index (χ4n) is 3.39. The number of nitrogens with one attached hydrogen (secondary N) is 2. The maximum Gasteiger partial charge on any atom is 0.293 e. The molecule has 0 aliphatic carbocycles. The molecule has 0 saturated carbocycles. The second-order valence-corrected chi connectivity index (χ2v) is 7.43. The first-order valence-electron chi connectivity index (χ1n) is 10.6. The van der Waals surface area contributed by atoms with Crippen molar-refractivity contribution < 1.29 is 9.72 Å². The van der Waals surface area contributed by atoms with Crippen molar-refractivity contribution in [2.45, 2.75) is 40.0 Å². The Bertz CT molecular complexity index is 848. The lowest BCUT2D eigenvalue weighted by atomic mass is 10.1. The minimum atomic E-state index is -0.452. The monoisotopic (exact) mass is 412 g/mol. The second-order valence-electron chi connectivity index (χ2n) is 7.43. The Morgan fingerprint density at radius 2 is 1.80 bits per heavy atom. The number of aryl methyl sites for hydroxylation is 1. The van der Waals surface area contributed by atoms with E-state index < -0.39 is 4.92 Å². The fourth-order valence-corrected chi connectivity index (χ4v) is 3.39. The van der Waals surface area contributed by atoms with Crippen LogP contribution in [-0.4, -0.2) is 41.9 Å². The van der Waals surface area contributed by atoms with E-state index in [0.717, 1.165) is 44.5 Å². The van der Waals surface area contributed by atoms with Crippen molar-refractivity contribution in [2.24, 2.45) is 0 Å². The lowest BCUT2D eigenvalue weighted by molar-refractivity contribution is -0.384. The van der Waals surface area contributed by atoms with Crippen molar-refractivity contribution in [3.63, 3.8) is 0 Å². The van der Waals surface area contributed by atoms with Crippen molar-refractivity contribution in [1.82, 2.24) is 4.90 Å². The molecular weight excluding hydrogens is 380 g/mol. The number of benzene rings is 2. The van der Waals surface area contributed by atoms with Crippen LogP contribution >= 0.6 is 0 Å². The summed E-state index contributed by atoms with van der Waals surface area (Å²) in [6.07, 6.45) is 3.13. The minimum absolute atomic E-state index is 0.0918. The van der Waals surface area contributed by atoms with Crippen LogP contribution in [-0.2, 0) is 0 Å². The molecule has 0 fully saturated rings. The smallest absolute Gasteiger partial charge is 0.293 e. The van der Waals surface area contributed by atoms with Gasteiger partial charge in [0.1, 0.15) is 5.69 Å². The highest BCUT2D eigenvalue weighted by Crippen LogP contribution is 2.26. The zero-order valence-corrected chi connectivity index (χ0v) is 18.1. The van der Waals surface area contributed by atoms with Gasteiger partial charge < -0.3 is 15.5 Å². The highest BCUT2D eigenvalue weighted by molar-refractivity contribution is 6.05. The van der Waals surface area contributed by atoms with Crippen LogP contribution in [0, 0.1) is 17.0 Å². The Kier molecular flexibility index (Phi) is 9.28. The molecule has 7 heteroatoms. The minimum Gasteiger partial charge on any atom is -0.379 e. The van der Waals surface area contributed by atoms with Crippen LogP contribution < -0.4 is 10.6 Å². The molecule has 0 unspecified atom stereocenters. The third-order valence-electron chi connectivity index (χ3n) is 4.78. The SMILES string of the molecule is CCCN(CCC)CCCNc1ccc(C(=O)Nc2cccc(C)c2)cc1[N+](=O)[O-]. The Morgan fingerprint density at radius 1 is 1.07 bits per heavy atom. The maximum atomic E-state index is 12.5. The van der Waals surface area contributed by atoms with Crippen LogP contribution in [0.15, 0.2) is 42.5 Å². The standard InChI is InChI=1S/C23H32N4O3/c1-4-13-26(14-5-2)15-7-12-24-21-11-10-19(17-22(21)27(29)30)23(28)25-20-9-6-8-18(3)16-20/h6,8-11,16-17,24H,4-5,7,12-15H2,1-3H3,(H,25,28). The summed E-state index contributed by atoms with van der Waals surface area (Å²) in [5, 5.41) is 17.5. The molecule has 30 heavy (non-hydrogen) atoms. The van der Waals surface area contributed by atoms with E-state index >= 15 is 0 Å². The van der Waals surface area contributed by atoms with E-state index in [4.69, 9.17) is 0 Å². The van der Waals surface area contributed by atoms with Gasteiger partial charge in [0.25, 0.3) is 11.6 Å². The zero-order chi connectivity index (χ0) is 21.9. The lowest BCUT2D eigenvalue weighted by Gasteiger charge is -2.20. The summed E-state index contributed by atoms with van der Waals surface area (Å²) in [5.74, 6) is -0.370. The molecule has 2 aromatic rings. The molecule has 0 saturated heterocycles. The van der Waals surface area contributed by atoms with E-state index in [2.05, 4.69) is 29.4 Å². The summed E-state index contributed by atoms with van der Waals surface area (Å²) < 4.78 is 0. The topological polar surface area (TPSA) is 87.5 Å². The number of hydrogen-bond acceptors (Lipinski definition) is 5. The first kappa shape index (κ1) is 23.3. The molecule has 0 atom stereocenters. The summed E-state index contributed by atoms with van der Waals surface area (Å²) in [4.78, 5) is 26.0. The van der Waals surface area contributed by atoms with Gasteiger partial charge in [0, 0.05) is 23.9 Å². The molecule has 2 rings (SSSR count). The van der Waals surface area contributed by atoms with Crippen molar-refractivity contribution in [1.29, 1.82) is 0 Å². The number of nitrogens with zero attached hydrogens (tertiary/aromatic N) is 2. The summed E-state index contributed by atoms with van der Waals surface area (Å²) in [7, 11) is 0. The number of anilines is 2. The Labute approximate surface area is 178 Å². The van der Waals surface area contributed by atoms with Crippen LogP contribution in [0.4, 0.5) is 17.1 Å². The normalized spacial score (nSPS) is 10.8. The average Bonchev–Trinajstić information content (AvgIpc) is 2.71. The predicted molar refractivity (Wildman–Crippen MR) is 122 cm³/mol. The second kappa shape index (κ2) is 11.9. The number of amides is 1. The third-order valence-corrected chi connectivity index (χ3v) is 4.78. The Morgan fingerprint density at radius 3 is 2.43 bits per heavy atom. The molecule has 162 valence electrons. The van der Waals surface area contributed by atoms with Crippen LogP contribution in [0.2, 0.25) is 0 Å². The first-order valence-corrected chi connectivity index (χ1v) is 10.6. The van der Waals surface area contributed by atoms with E-state index in [9.17, 15) is 14.9 Å². The molecule has 0 spiro atoms. The summed E-state index contributed by atoms with van der Waals surface area (Å²) >= 11 is 0. The van der Waals surface area contributed by atoms with E-state index in [1.54, 1.807) is 18.2 Å². The van der Waals surface area contributed by atoms with Gasteiger partial charge in [-0.05, 0) is 75.6 Å². The largest absolute Gasteiger partial charge is 0.379 e. The molecule has 1 amide bonds. The number of rotatable bonds is 12. The first-order chi connectivity index (χ1) is 14.4. The van der Waals surface area contributed by atoms with Crippen LogP contribution in [0.1, 0.15) is 49.0 Å². The van der Waals surface area contributed by atoms with Crippen LogP contribution in [0.3, 0.4) is 0 Å². The number of nitro benzene ring substituents is 1. The molecule has 7 nitrogen and oxygen atoms in total. The summed E-state index contributed by atoms with van der Waals surface area (Å²) in [5.41, 5.74) is 2.28. The number of carbonyl (C=O) groups is 1. The van der Waals surface area contributed by atoms with E-state index in [1.807, 2.05) is 25.1 Å². The van der Waals surface area contributed by atoms with Gasteiger partial charge >= 0.3 is 0 Å². The van der Waals surface area contributed by atoms with E-state index in [-0.39, 0.29) is 17.2 Å². The van der Waals surface area contributed by atoms with Crippen molar-refractivity contribution >= 4 is 23.0 Å². The van der Waals surface area contributed by atoms with Gasteiger partial charge in [0.15, 0.2) is 0 Å². The number of carbonyl (C=O) groups excluding carboxylic acids is 1. The predicted octanol–water partition coefficient (Wildman–Crippen LogP) is 5.08. The lowest BCUT2D eigenvalue weighted by Crippen LogP contribution is -2.27. The van der Waals surface area contributed by atoms with Gasteiger partial charge in [-0.2, -0.15) is 0 Å². The zero-order valence-electron chi connectivity index (χ0n) is 18.1. The molecular formula is C23H32N4O3.